The number of benzene rings is 2. The fourth-order valence-corrected chi connectivity index (χ4v) is 3.68. The number of aryl methyl sites for hydroxylation is 1. The molecule has 0 atom stereocenters. The Balaban J connectivity index is 2.00. The van der Waals surface area contributed by atoms with Crippen molar-refractivity contribution in [1.82, 2.24) is 4.98 Å². The van der Waals surface area contributed by atoms with Crippen LogP contribution in [-0.2, 0) is 0 Å². The lowest BCUT2D eigenvalue weighted by Crippen LogP contribution is -1.94. The van der Waals surface area contributed by atoms with E-state index < -0.39 is 5.91 Å². The van der Waals surface area contributed by atoms with Crippen LogP contribution in [0.5, 0.6) is 5.88 Å². The predicted molar refractivity (Wildman–Crippen MR) is 100 cm³/mol. The van der Waals surface area contributed by atoms with E-state index in [9.17, 15) is 9.90 Å². The highest BCUT2D eigenvalue weighted by Gasteiger charge is 2.14. The van der Waals surface area contributed by atoms with Gasteiger partial charge < -0.3 is 10.1 Å². The van der Waals surface area contributed by atoms with Crippen LogP contribution in [0.1, 0.15) is 15.9 Å². The number of aromatic nitrogens is 1. The van der Waals surface area contributed by atoms with Gasteiger partial charge in [0.2, 0.25) is 5.88 Å². The first-order chi connectivity index (χ1) is 11.4. The summed E-state index contributed by atoms with van der Waals surface area (Å²) in [6, 6.07) is 8.52. The molecule has 2 aromatic carbocycles. The van der Waals surface area contributed by atoms with Gasteiger partial charge in [-0.15, -0.1) is 10.2 Å². The van der Waals surface area contributed by atoms with Crippen molar-refractivity contribution in [2.75, 3.05) is 0 Å². The molecule has 0 bridgehead atoms. The first-order valence-corrected chi connectivity index (χ1v) is 8.75. The summed E-state index contributed by atoms with van der Waals surface area (Å²) < 4.78 is 1.55. The van der Waals surface area contributed by atoms with Crippen LogP contribution in [0.4, 0.5) is 5.69 Å². The Hall–Kier alpha value is -1.70. The number of hydrogen-bond donors (Lipinski definition) is 2. The maximum absolute atomic E-state index is 12.2. The highest BCUT2D eigenvalue weighted by Crippen LogP contribution is 2.40. The van der Waals surface area contributed by atoms with Crippen molar-refractivity contribution in [3.63, 3.8) is 0 Å². The molecule has 1 amide bonds. The zero-order valence-electron chi connectivity index (χ0n) is 12.3. The average molecular weight is 472 g/mol. The summed E-state index contributed by atoms with van der Waals surface area (Å²) in [5.41, 5.74) is 2.05. The van der Waals surface area contributed by atoms with E-state index >= 15 is 0 Å². The molecule has 3 aromatic rings. The van der Waals surface area contributed by atoms with E-state index in [4.69, 9.17) is 11.6 Å². The number of azo groups is 1. The number of aromatic hydroxyl groups is 1. The molecule has 0 fully saturated rings. The fraction of sp³-hybridized carbons (Fsp3) is 0.0625. The maximum atomic E-state index is 12.2. The number of carbonyl (C=O) groups is 1. The number of halogens is 3. The van der Waals surface area contributed by atoms with Gasteiger partial charge in [-0.3, -0.25) is 4.79 Å². The molecular weight excluding hydrogens is 461 g/mol. The number of hydrogen-bond acceptors (Lipinski definition) is 3. The number of carbonyl (C=O) groups excluding carboxylic acids is 1. The number of H-pyrrole nitrogens is 1. The predicted octanol–water partition coefficient (Wildman–Crippen LogP) is 6.28. The smallest absolute Gasteiger partial charge is 0.295 e. The van der Waals surface area contributed by atoms with Gasteiger partial charge in [-0.25, -0.2) is 0 Å². The number of nitrogens with one attached hydrogen (secondary N) is 1. The van der Waals surface area contributed by atoms with Crippen molar-refractivity contribution >= 4 is 66.0 Å². The highest BCUT2D eigenvalue weighted by atomic mass is 79.9. The molecule has 3 rings (SSSR count). The average Bonchev–Trinajstić information content (AvgIpc) is 2.84. The molecule has 1 heterocycles. The van der Waals surface area contributed by atoms with E-state index in [-0.39, 0.29) is 11.6 Å². The van der Waals surface area contributed by atoms with Crippen LogP contribution in [0, 0.1) is 6.92 Å². The lowest BCUT2D eigenvalue weighted by molar-refractivity contribution is 0.0995. The third-order valence-corrected chi connectivity index (χ3v) is 4.93. The van der Waals surface area contributed by atoms with E-state index in [1.54, 1.807) is 24.3 Å². The van der Waals surface area contributed by atoms with Crippen LogP contribution >= 0.6 is 43.5 Å². The van der Waals surface area contributed by atoms with Gasteiger partial charge in [0.15, 0.2) is 5.69 Å². The van der Waals surface area contributed by atoms with Gasteiger partial charge >= 0.3 is 0 Å². The molecule has 0 aliphatic carbocycles. The molecule has 0 spiro atoms. The van der Waals surface area contributed by atoms with Crippen molar-refractivity contribution in [3.05, 3.63) is 55.4 Å². The van der Waals surface area contributed by atoms with Crippen molar-refractivity contribution in [1.29, 1.82) is 0 Å². The SMILES string of the molecule is Cc1ccc(C(=O)N=Nc2c(O)[nH]c3c(Br)cc(Br)cc23)cc1Cl. The first kappa shape index (κ1) is 17.1. The van der Waals surface area contributed by atoms with E-state index in [2.05, 4.69) is 47.1 Å². The summed E-state index contributed by atoms with van der Waals surface area (Å²) in [6.07, 6.45) is 0. The van der Waals surface area contributed by atoms with Crippen LogP contribution in [0.25, 0.3) is 10.9 Å². The summed E-state index contributed by atoms with van der Waals surface area (Å²) in [6.45, 7) is 1.85. The number of rotatable bonds is 2. The van der Waals surface area contributed by atoms with Crippen LogP contribution in [0.15, 0.2) is 49.5 Å². The molecule has 24 heavy (non-hydrogen) atoms. The van der Waals surface area contributed by atoms with Crippen LogP contribution in [0.3, 0.4) is 0 Å². The number of nitrogens with zero attached hydrogens (tertiary/aromatic N) is 2. The Kier molecular flexibility index (Phi) is 4.76. The van der Waals surface area contributed by atoms with Crippen LogP contribution in [-0.4, -0.2) is 16.0 Å². The molecule has 0 aliphatic rings. The van der Waals surface area contributed by atoms with Gasteiger partial charge in [0, 0.05) is 24.9 Å². The molecule has 1 aromatic heterocycles. The third kappa shape index (κ3) is 3.24. The number of aromatic amines is 1. The molecule has 0 radical (unpaired) electrons. The standard InChI is InChI=1S/C16H10Br2ClN3O2/c1-7-2-3-8(4-12(7)19)15(23)22-21-14-10-5-9(17)6-11(18)13(10)20-16(14)24/h2-6,20,24H,1H3. The van der Waals surface area contributed by atoms with Gasteiger partial charge in [0.1, 0.15) is 0 Å². The molecule has 0 saturated heterocycles. The van der Waals surface area contributed by atoms with E-state index in [1.807, 2.05) is 13.0 Å². The van der Waals surface area contributed by atoms with Gasteiger partial charge in [0.05, 0.1) is 5.52 Å². The number of fused-ring (bicyclic) bond motifs is 1. The normalized spacial score (nSPS) is 11.5. The fourth-order valence-electron chi connectivity index (χ4n) is 2.17. The molecule has 122 valence electrons. The molecule has 0 unspecified atom stereocenters. The Labute approximate surface area is 159 Å². The summed E-state index contributed by atoms with van der Waals surface area (Å²) >= 11 is 12.8. The van der Waals surface area contributed by atoms with E-state index in [0.717, 1.165) is 14.5 Å². The quantitative estimate of drug-likeness (QED) is 0.431. The highest BCUT2D eigenvalue weighted by molar-refractivity contribution is 9.11. The van der Waals surface area contributed by atoms with Crippen LogP contribution in [0.2, 0.25) is 5.02 Å². The van der Waals surface area contributed by atoms with Gasteiger partial charge in [-0.1, -0.05) is 33.6 Å². The minimum Gasteiger partial charge on any atom is -0.493 e. The summed E-state index contributed by atoms with van der Waals surface area (Å²) in [7, 11) is 0. The Morgan fingerprint density at radius 1 is 1.25 bits per heavy atom. The Morgan fingerprint density at radius 2 is 2.00 bits per heavy atom. The second-order valence-corrected chi connectivity index (χ2v) is 7.28. The van der Waals surface area contributed by atoms with Crippen molar-refractivity contribution in [2.45, 2.75) is 6.92 Å². The monoisotopic (exact) mass is 469 g/mol. The van der Waals surface area contributed by atoms with Gasteiger partial charge in [-0.2, -0.15) is 0 Å². The molecule has 5 nitrogen and oxygen atoms in total. The van der Waals surface area contributed by atoms with Crippen molar-refractivity contribution < 1.29 is 9.90 Å². The zero-order valence-corrected chi connectivity index (χ0v) is 16.2. The molecule has 8 heteroatoms. The topological polar surface area (TPSA) is 77.8 Å². The molecule has 2 N–H and O–H groups in total. The maximum Gasteiger partial charge on any atom is 0.295 e. The second-order valence-electron chi connectivity index (χ2n) is 5.10. The minimum atomic E-state index is -0.542. The lowest BCUT2D eigenvalue weighted by atomic mass is 10.1. The Morgan fingerprint density at radius 3 is 2.71 bits per heavy atom. The third-order valence-electron chi connectivity index (χ3n) is 3.44. The summed E-state index contributed by atoms with van der Waals surface area (Å²) in [5.74, 6) is -0.706. The van der Waals surface area contributed by atoms with Gasteiger partial charge in [0.25, 0.3) is 5.91 Å². The first-order valence-electron chi connectivity index (χ1n) is 6.78. The lowest BCUT2D eigenvalue weighted by Gasteiger charge is -1.99. The molecule has 0 saturated carbocycles. The van der Waals surface area contributed by atoms with Crippen molar-refractivity contribution in [3.8, 4) is 5.88 Å². The van der Waals surface area contributed by atoms with Crippen molar-refractivity contribution in [2.24, 2.45) is 10.2 Å². The van der Waals surface area contributed by atoms with E-state index in [0.29, 0.717) is 21.5 Å². The minimum absolute atomic E-state index is 0.165. The van der Waals surface area contributed by atoms with E-state index in [1.165, 1.54) is 0 Å². The summed E-state index contributed by atoms with van der Waals surface area (Å²) in [4.78, 5) is 15.0. The molecule has 0 aliphatic heterocycles. The summed E-state index contributed by atoms with van der Waals surface area (Å²) in [5, 5.41) is 18.8. The largest absolute Gasteiger partial charge is 0.493 e. The zero-order chi connectivity index (χ0) is 17.4. The van der Waals surface area contributed by atoms with Crippen LogP contribution < -0.4 is 0 Å². The molecular formula is C16H10Br2ClN3O2. The second kappa shape index (κ2) is 6.66. The van der Waals surface area contributed by atoms with Gasteiger partial charge in [-0.05, 0) is 52.7 Å². The Bertz CT molecular complexity index is 999. The number of amides is 1.